The Morgan fingerprint density at radius 2 is 1.86 bits per heavy atom. The number of fused-ring (bicyclic) bond motifs is 1. The van der Waals surface area contributed by atoms with Crippen molar-refractivity contribution >= 4 is 33.5 Å². The Bertz CT molecular complexity index is 875. The molecule has 28 heavy (non-hydrogen) atoms. The molecule has 3 rings (SSSR count). The summed E-state index contributed by atoms with van der Waals surface area (Å²) < 4.78 is 3.04. The van der Waals surface area contributed by atoms with Crippen molar-refractivity contribution in [2.24, 2.45) is 0 Å². The van der Waals surface area contributed by atoms with Gasteiger partial charge in [0.05, 0.1) is 12.1 Å². The normalized spacial score (nSPS) is 17.0. The largest absolute Gasteiger partial charge is 0.348 e. The first kappa shape index (κ1) is 20.3. The Balaban J connectivity index is 1.49. The molecule has 6 nitrogen and oxygen atoms in total. The number of rotatable bonds is 6. The first-order chi connectivity index (χ1) is 13.4. The van der Waals surface area contributed by atoms with Crippen LogP contribution in [-0.4, -0.2) is 39.7 Å². The lowest BCUT2D eigenvalue weighted by Gasteiger charge is -2.35. The van der Waals surface area contributed by atoms with Gasteiger partial charge in [-0.05, 0) is 38.1 Å². The third-order valence-electron chi connectivity index (χ3n) is 5.13. The summed E-state index contributed by atoms with van der Waals surface area (Å²) in [4.78, 5) is 39.0. The maximum atomic E-state index is 12.6. The minimum absolute atomic E-state index is 0.00258. The average Bonchev–Trinajstić information content (AvgIpc) is 3.16. The van der Waals surface area contributed by atoms with Gasteiger partial charge in [-0.2, -0.15) is 0 Å². The summed E-state index contributed by atoms with van der Waals surface area (Å²) in [6.07, 6.45) is 2.22. The van der Waals surface area contributed by atoms with E-state index in [1.54, 1.807) is 31.2 Å². The van der Waals surface area contributed by atoms with Crippen LogP contribution < -0.4 is 5.32 Å². The Morgan fingerprint density at radius 3 is 2.57 bits per heavy atom. The predicted molar refractivity (Wildman–Crippen MR) is 110 cm³/mol. The highest BCUT2D eigenvalue weighted by molar-refractivity contribution is 9.10. The monoisotopic (exact) mass is 445 g/mol. The van der Waals surface area contributed by atoms with Crippen molar-refractivity contribution in [3.63, 3.8) is 0 Å². The number of carbonyl (C=O) groups excluding carboxylic acids is 3. The van der Waals surface area contributed by atoms with E-state index in [0.29, 0.717) is 12.1 Å². The number of hydrogen-bond donors (Lipinski definition) is 1. The summed E-state index contributed by atoms with van der Waals surface area (Å²) in [6, 6.07) is 10.4. The molecule has 0 unspecified atom stereocenters. The second kappa shape index (κ2) is 8.73. The van der Waals surface area contributed by atoms with E-state index in [2.05, 4.69) is 25.8 Å². The van der Waals surface area contributed by atoms with Gasteiger partial charge in [-0.25, -0.2) is 0 Å². The molecular formula is C21H24BrN3O3. The number of halogens is 1. The summed E-state index contributed by atoms with van der Waals surface area (Å²) in [5, 5.41) is 2.70. The molecule has 2 amide bonds. The first-order valence-electron chi connectivity index (χ1n) is 9.40. The third kappa shape index (κ3) is 4.52. The van der Waals surface area contributed by atoms with Gasteiger partial charge in [-0.3, -0.25) is 14.4 Å². The molecule has 0 saturated heterocycles. The Morgan fingerprint density at radius 1 is 1.14 bits per heavy atom. The van der Waals surface area contributed by atoms with Crippen LogP contribution in [0.1, 0.15) is 48.8 Å². The molecule has 0 aliphatic carbocycles. The van der Waals surface area contributed by atoms with Crippen molar-refractivity contribution in [3.05, 3.63) is 58.3 Å². The summed E-state index contributed by atoms with van der Waals surface area (Å²) in [6.45, 7) is 5.07. The molecule has 1 aromatic heterocycles. The van der Waals surface area contributed by atoms with E-state index in [1.807, 2.05) is 30.2 Å². The van der Waals surface area contributed by atoms with Gasteiger partial charge in [-0.1, -0.05) is 28.1 Å². The van der Waals surface area contributed by atoms with Gasteiger partial charge in [0.25, 0.3) is 0 Å². The number of ketones is 1. The third-order valence-corrected chi connectivity index (χ3v) is 5.66. The van der Waals surface area contributed by atoms with Gasteiger partial charge in [-0.15, -0.1) is 0 Å². The number of Topliss-reactive ketones (excluding diaryl/α,β-unsaturated/α-hetero) is 1. The first-order valence-corrected chi connectivity index (χ1v) is 10.2. The van der Waals surface area contributed by atoms with Crippen LogP contribution >= 0.6 is 15.9 Å². The van der Waals surface area contributed by atoms with E-state index in [4.69, 9.17) is 0 Å². The lowest BCUT2D eigenvalue weighted by molar-refractivity contribution is -0.136. The molecule has 1 N–H and O–H groups in total. The molecule has 0 spiro atoms. The fraction of sp³-hybridized carbons (Fsp3) is 0.381. The van der Waals surface area contributed by atoms with Crippen molar-refractivity contribution in [2.75, 3.05) is 6.54 Å². The molecule has 7 heteroatoms. The van der Waals surface area contributed by atoms with Crippen LogP contribution in [0.15, 0.2) is 47.1 Å². The summed E-state index contributed by atoms with van der Waals surface area (Å²) in [5.74, 6) is -0.487. The van der Waals surface area contributed by atoms with E-state index >= 15 is 0 Å². The van der Waals surface area contributed by atoms with Crippen LogP contribution in [0.25, 0.3) is 0 Å². The number of benzene rings is 1. The zero-order valence-corrected chi connectivity index (χ0v) is 17.6. The number of hydrogen-bond acceptors (Lipinski definition) is 3. The van der Waals surface area contributed by atoms with Gasteiger partial charge in [0.2, 0.25) is 11.8 Å². The molecule has 1 aromatic carbocycles. The van der Waals surface area contributed by atoms with Gasteiger partial charge in [0, 0.05) is 47.9 Å². The van der Waals surface area contributed by atoms with Crippen LogP contribution in [0.5, 0.6) is 0 Å². The second-order valence-electron chi connectivity index (χ2n) is 7.05. The van der Waals surface area contributed by atoms with Crippen LogP contribution in [0, 0.1) is 0 Å². The van der Waals surface area contributed by atoms with Gasteiger partial charge in [0.1, 0.15) is 0 Å². The van der Waals surface area contributed by atoms with E-state index in [1.165, 1.54) is 0 Å². The smallest absolute Gasteiger partial charge is 0.223 e. The molecule has 0 saturated carbocycles. The van der Waals surface area contributed by atoms with E-state index in [-0.39, 0.29) is 36.5 Å². The molecular weight excluding hydrogens is 422 g/mol. The maximum Gasteiger partial charge on any atom is 0.223 e. The lowest BCUT2D eigenvalue weighted by atomic mass is 10.1. The van der Waals surface area contributed by atoms with Crippen LogP contribution in [0.3, 0.4) is 0 Å². The van der Waals surface area contributed by atoms with Crippen molar-refractivity contribution in [1.82, 2.24) is 14.8 Å². The van der Waals surface area contributed by atoms with Crippen LogP contribution in [0.4, 0.5) is 0 Å². The molecule has 1 aliphatic heterocycles. The molecule has 2 atom stereocenters. The van der Waals surface area contributed by atoms with Crippen molar-refractivity contribution in [1.29, 1.82) is 0 Å². The topological polar surface area (TPSA) is 71.4 Å². The number of nitrogens with one attached hydrogen (secondary N) is 1. The van der Waals surface area contributed by atoms with E-state index < -0.39 is 6.04 Å². The summed E-state index contributed by atoms with van der Waals surface area (Å²) in [5.41, 5.74) is 1.65. The Labute approximate surface area is 173 Å². The highest BCUT2D eigenvalue weighted by Crippen LogP contribution is 2.26. The Kier molecular flexibility index (Phi) is 6.34. The zero-order chi connectivity index (χ0) is 20.3. The molecule has 2 heterocycles. The molecule has 0 bridgehead atoms. The van der Waals surface area contributed by atoms with Crippen LogP contribution in [0.2, 0.25) is 0 Å². The summed E-state index contributed by atoms with van der Waals surface area (Å²) >= 11 is 3.33. The Hall–Kier alpha value is -2.41. The fourth-order valence-corrected chi connectivity index (χ4v) is 3.79. The van der Waals surface area contributed by atoms with E-state index in [9.17, 15) is 14.4 Å². The van der Waals surface area contributed by atoms with Crippen molar-refractivity contribution in [2.45, 2.75) is 45.3 Å². The standard InChI is InChI=1S/C21H24BrN3O3/c1-14(21(28)16-5-7-17(22)8-6-16)23-19(26)9-10-20(27)25-13-12-24-11-3-4-18(24)15(25)2/h3-8,11,14-15H,9-10,12-13H2,1-2H3,(H,23,26)/t14-,15-/m1/s1. The molecule has 1 aliphatic rings. The lowest BCUT2D eigenvalue weighted by Crippen LogP contribution is -2.42. The number of amides is 2. The van der Waals surface area contributed by atoms with Gasteiger partial charge in [0.15, 0.2) is 5.78 Å². The second-order valence-corrected chi connectivity index (χ2v) is 7.97. The summed E-state index contributed by atoms with van der Waals surface area (Å²) in [7, 11) is 0. The maximum absolute atomic E-state index is 12.6. The number of aromatic nitrogens is 1. The number of carbonyl (C=O) groups is 3. The van der Waals surface area contributed by atoms with Crippen molar-refractivity contribution in [3.8, 4) is 0 Å². The van der Waals surface area contributed by atoms with Gasteiger partial charge >= 0.3 is 0 Å². The average molecular weight is 446 g/mol. The highest BCUT2D eigenvalue weighted by atomic mass is 79.9. The predicted octanol–water partition coefficient (Wildman–Crippen LogP) is 3.32. The van der Waals surface area contributed by atoms with Gasteiger partial charge < -0.3 is 14.8 Å². The SMILES string of the molecule is C[C@@H]1c2cccn2CCN1C(=O)CCC(=O)N[C@H](C)C(=O)c1ccc(Br)cc1. The molecule has 148 valence electrons. The molecule has 0 fully saturated rings. The number of nitrogens with zero attached hydrogens (tertiary/aromatic N) is 2. The minimum atomic E-state index is -0.638. The zero-order valence-electron chi connectivity index (χ0n) is 16.0. The quantitative estimate of drug-likeness (QED) is 0.693. The highest BCUT2D eigenvalue weighted by Gasteiger charge is 2.27. The van der Waals surface area contributed by atoms with E-state index in [0.717, 1.165) is 16.7 Å². The van der Waals surface area contributed by atoms with Crippen LogP contribution in [-0.2, 0) is 16.1 Å². The fourth-order valence-electron chi connectivity index (χ4n) is 3.53. The molecule has 2 aromatic rings. The molecule has 0 radical (unpaired) electrons. The van der Waals surface area contributed by atoms with Crippen molar-refractivity contribution < 1.29 is 14.4 Å². The minimum Gasteiger partial charge on any atom is -0.348 e.